The summed E-state index contributed by atoms with van der Waals surface area (Å²) in [5.74, 6) is 0.916. The molecule has 1 aromatic rings. The van der Waals surface area contributed by atoms with Gasteiger partial charge in [0, 0.05) is 7.11 Å². The van der Waals surface area contributed by atoms with Gasteiger partial charge in [-0.2, -0.15) is 0 Å². The maximum Gasteiger partial charge on any atom is 0.120 e. The summed E-state index contributed by atoms with van der Waals surface area (Å²) in [6.07, 6.45) is 2.72. The Morgan fingerprint density at radius 1 is 1.26 bits per heavy atom. The molecule has 19 heavy (non-hydrogen) atoms. The molecule has 0 saturated heterocycles. The van der Waals surface area contributed by atoms with Gasteiger partial charge in [0.25, 0.3) is 0 Å². The molecule has 0 amide bonds. The van der Waals surface area contributed by atoms with E-state index in [2.05, 4.69) is 20.8 Å². The van der Waals surface area contributed by atoms with Crippen LogP contribution in [0, 0.1) is 5.41 Å². The molecule has 0 aliphatic heterocycles. The highest BCUT2D eigenvalue weighted by Gasteiger charge is 2.31. The third kappa shape index (κ3) is 3.71. The van der Waals surface area contributed by atoms with Crippen LogP contribution in [0.25, 0.3) is 0 Å². The van der Waals surface area contributed by atoms with Crippen molar-refractivity contribution in [3.8, 4) is 5.75 Å². The highest BCUT2D eigenvalue weighted by molar-refractivity contribution is 5.31. The van der Waals surface area contributed by atoms with E-state index in [0.717, 1.165) is 11.3 Å². The Bertz CT molecular complexity index is 421. The Labute approximate surface area is 116 Å². The zero-order chi connectivity index (χ0) is 14.0. The summed E-state index contributed by atoms with van der Waals surface area (Å²) in [6, 6.07) is 7.94. The molecular formula is C16H25NO2. The summed E-state index contributed by atoms with van der Waals surface area (Å²) in [4.78, 5) is 0. The molecule has 0 heterocycles. The molecule has 106 valence electrons. The first-order chi connectivity index (χ1) is 8.91. The van der Waals surface area contributed by atoms with Gasteiger partial charge in [-0.25, -0.2) is 0 Å². The summed E-state index contributed by atoms with van der Waals surface area (Å²) in [5.41, 5.74) is 7.44. The van der Waals surface area contributed by atoms with Gasteiger partial charge in [0.05, 0.1) is 18.2 Å². The van der Waals surface area contributed by atoms with E-state index in [1.165, 1.54) is 12.8 Å². The minimum atomic E-state index is -0.146. The molecule has 1 aliphatic rings. The second-order valence-electron chi connectivity index (χ2n) is 6.44. The molecule has 1 aromatic carbocycles. The van der Waals surface area contributed by atoms with Crippen molar-refractivity contribution in [1.29, 1.82) is 0 Å². The quantitative estimate of drug-likeness (QED) is 0.886. The fourth-order valence-electron chi connectivity index (χ4n) is 2.39. The maximum absolute atomic E-state index is 6.37. The Morgan fingerprint density at radius 2 is 1.95 bits per heavy atom. The average molecular weight is 263 g/mol. The molecule has 3 nitrogen and oxygen atoms in total. The molecule has 1 aliphatic carbocycles. The van der Waals surface area contributed by atoms with E-state index in [9.17, 15) is 0 Å². The maximum atomic E-state index is 6.37. The van der Waals surface area contributed by atoms with Crippen LogP contribution < -0.4 is 10.5 Å². The third-order valence-electron chi connectivity index (χ3n) is 3.50. The highest BCUT2D eigenvalue weighted by atomic mass is 16.5. The number of nitrogens with two attached hydrogens (primary N) is 1. The lowest BCUT2D eigenvalue weighted by Crippen LogP contribution is -2.38. The van der Waals surface area contributed by atoms with Crippen molar-refractivity contribution in [2.24, 2.45) is 11.1 Å². The van der Waals surface area contributed by atoms with Gasteiger partial charge < -0.3 is 15.2 Å². The van der Waals surface area contributed by atoms with Crippen LogP contribution in [0.4, 0.5) is 0 Å². The standard InChI is InChI=1S/C16H25NO2/c1-16(2,3)15(18-4)14(17)11-6-5-7-13(10-11)19-12-8-9-12/h5-7,10,12,14-15H,8-9,17H2,1-4H3. The smallest absolute Gasteiger partial charge is 0.120 e. The second-order valence-corrected chi connectivity index (χ2v) is 6.44. The molecule has 0 spiro atoms. The van der Waals surface area contributed by atoms with Gasteiger partial charge in [-0.3, -0.25) is 0 Å². The van der Waals surface area contributed by atoms with Gasteiger partial charge in [0.2, 0.25) is 0 Å². The van der Waals surface area contributed by atoms with Gasteiger partial charge in [-0.1, -0.05) is 32.9 Å². The van der Waals surface area contributed by atoms with E-state index >= 15 is 0 Å². The third-order valence-corrected chi connectivity index (χ3v) is 3.50. The topological polar surface area (TPSA) is 44.5 Å². The minimum absolute atomic E-state index is 0.00151. The average Bonchev–Trinajstić information content (AvgIpc) is 3.12. The Morgan fingerprint density at radius 3 is 2.47 bits per heavy atom. The van der Waals surface area contributed by atoms with Crippen LogP contribution in [0.5, 0.6) is 5.75 Å². The van der Waals surface area contributed by atoms with E-state index < -0.39 is 0 Å². The van der Waals surface area contributed by atoms with Crippen LogP contribution >= 0.6 is 0 Å². The van der Waals surface area contributed by atoms with Crippen LogP contribution in [0.2, 0.25) is 0 Å². The van der Waals surface area contributed by atoms with E-state index in [0.29, 0.717) is 6.10 Å². The predicted molar refractivity (Wildman–Crippen MR) is 77.3 cm³/mol. The number of hydrogen-bond acceptors (Lipinski definition) is 3. The van der Waals surface area contributed by atoms with Gasteiger partial charge >= 0.3 is 0 Å². The Balaban J connectivity index is 2.14. The van der Waals surface area contributed by atoms with Gasteiger partial charge in [-0.15, -0.1) is 0 Å². The molecule has 0 radical (unpaired) electrons. The van der Waals surface area contributed by atoms with Crippen molar-refractivity contribution in [2.45, 2.75) is 51.9 Å². The number of methoxy groups -OCH3 is 1. The number of benzene rings is 1. The number of rotatable bonds is 5. The summed E-state index contributed by atoms with van der Waals surface area (Å²) < 4.78 is 11.4. The normalized spacial score (nSPS) is 19.0. The lowest BCUT2D eigenvalue weighted by molar-refractivity contribution is -0.00248. The molecule has 2 atom stereocenters. The van der Waals surface area contributed by atoms with E-state index in [4.69, 9.17) is 15.2 Å². The molecule has 1 fully saturated rings. The van der Waals surface area contributed by atoms with Crippen molar-refractivity contribution >= 4 is 0 Å². The fourth-order valence-corrected chi connectivity index (χ4v) is 2.39. The van der Waals surface area contributed by atoms with Crippen LogP contribution in [0.3, 0.4) is 0 Å². The number of ether oxygens (including phenoxy) is 2. The molecule has 3 heteroatoms. The van der Waals surface area contributed by atoms with Crippen molar-refractivity contribution in [1.82, 2.24) is 0 Å². The molecule has 0 aromatic heterocycles. The van der Waals surface area contributed by atoms with Gasteiger partial charge in [-0.05, 0) is 36.0 Å². The van der Waals surface area contributed by atoms with Crippen molar-refractivity contribution in [2.75, 3.05) is 7.11 Å². The largest absolute Gasteiger partial charge is 0.490 e. The van der Waals surface area contributed by atoms with Gasteiger partial charge in [0.15, 0.2) is 0 Å². The van der Waals surface area contributed by atoms with Crippen molar-refractivity contribution in [3.05, 3.63) is 29.8 Å². The Hall–Kier alpha value is -1.06. The van der Waals surface area contributed by atoms with E-state index in [-0.39, 0.29) is 17.6 Å². The van der Waals surface area contributed by atoms with Gasteiger partial charge in [0.1, 0.15) is 5.75 Å². The summed E-state index contributed by atoms with van der Waals surface area (Å²) in [5, 5.41) is 0. The lowest BCUT2D eigenvalue weighted by atomic mass is 9.82. The molecule has 2 rings (SSSR count). The van der Waals surface area contributed by atoms with Crippen LogP contribution in [-0.2, 0) is 4.74 Å². The summed E-state index contributed by atoms with van der Waals surface area (Å²) in [7, 11) is 1.72. The minimum Gasteiger partial charge on any atom is -0.490 e. The monoisotopic (exact) mass is 263 g/mol. The predicted octanol–water partition coefficient (Wildman–Crippen LogP) is 3.29. The van der Waals surface area contributed by atoms with E-state index in [1.807, 2.05) is 24.3 Å². The lowest BCUT2D eigenvalue weighted by Gasteiger charge is -2.34. The molecule has 2 unspecified atom stereocenters. The molecule has 0 bridgehead atoms. The van der Waals surface area contributed by atoms with Crippen molar-refractivity contribution < 1.29 is 9.47 Å². The van der Waals surface area contributed by atoms with Crippen molar-refractivity contribution in [3.63, 3.8) is 0 Å². The molecular weight excluding hydrogens is 238 g/mol. The molecule has 2 N–H and O–H groups in total. The summed E-state index contributed by atoms with van der Waals surface area (Å²) in [6.45, 7) is 6.43. The SMILES string of the molecule is COC(C(N)c1cccc(OC2CC2)c1)C(C)(C)C. The van der Waals surface area contributed by atoms with Crippen LogP contribution in [0.1, 0.15) is 45.2 Å². The van der Waals surface area contributed by atoms with Crippen LogP contribution in [-0.4, -0.2) is 19.3 Å². The molecule has 1 saturated carbocycles. The summed E-state index contributed by atoms with van der Waals surface area (Å²) >= 11 is 0. The fraction of sp³-hybridized carbons (Fsp3) is 0.625. The first-order valence-electron chi connectivity index (χ1n) is 6.97. The number of hydrogen-bond donors (Lipinski definition) is 1. The zero-order valence-electron chi connectivity index (χ0n) is 12.3. The highest BCUT2D eigenvalue weighted by Crippen LogP contribution is 2.33. The first-order valence-corrected chi connectivity index (χ1v) is 6.97. The zero-order valence-corrected chi connectivity index (χ0v) is 12.3. The van der Waals surface area contributed by atoms with Crippen LogP contribution in [0.15, 0.2) is 24.3 Å². The Kier molecular flexibility index (Phi) is 4.16. The second kappa shape index (κ2) is 5.51. The first kappa shape index (κ1) is 14.4. The van der Waals surface area contributed by atoms with E-state index in [1.54, 1.807) is 7.11 Å².